The summed E-state index contributed by atoms with van der Waals surface area (Å²) in [5.74, 6) is -1.75. The van der Waals surface area contributed by atoms with Crippen LogP contribution in [-0.4, -0.2) is 45.6 Å². The van der Waals surface area contributed by atoms with Gasteiger partial charge in [-0.05, 0) is 83.0 Å². The fraction of sp³-hybridized carbons (Fsp3) is 0.333. The molecule has 0 amide bonds. The van der Waals surface area contributed by atoms with Crippen molar-refractivity contribution < 1.29 is 39.5 Å². The molecule has 0 aliphatic carbocycles. The van der Waals surface area contributed by atoms with Crippen LogP contribution in [0.4, 0.5) is 0 Å². The Bertz CT molecular complexity index is 1620. The molecule has 0 aliphatic heterocycles. The van der Waals surface area contributed by atoms with Gasteiger partial charge in [-0.2, -0.15) is 0 Å². The van der Waals surface area contributed by atoms with Crippen molar-refractivity contribution in [2.45, 2.75) is 71.6 Å². The third-order valence-corrected chi connectivity index (χ3v) is 8.40. The number of phenols is 2. The highest BCUT2D eigenvalue weighted by Gasteiger charge is 2.20. The molecule has 0 saturated heterocycles. The van der Waals surface area contributed by atoms with Crippen LogP contribution in [-0.2, 0) is 18.3 Å². The van der Waals surface area contributed by atoms with Gasteiger partial charge in [0.1, 0.15) is 47.3 Å². The number of ether oxygens (including phenoxy) is 2. The number of benzene rings is 4. The van der Waals surface area contributed by atoms with Crippen molar-refractivity contribution in [1.82, 2.24) is 0 Å². The van der Waals surface area contributed by atoms with Crippen molar-refractivity contribution in [1.29, 1.82) is 0 Å². The van der Waals surface area contributed by atoms with Gasteiger partial charge in [-0.1, -0.05) is 82.0 Å². The third kappa shape index (κ3) is 9.28. The summed E-state index contributed by atoms with van der Waals surface area (Å²) in [6.07, 6.45) is 5.41. The minimum absolute atomic E-state index is 0.0838. The van der Waals surface area contributed by atoms with Crippen molar-refractivity contribution >= 4 is 11.9 Å². The van der Waals surface area contributed by atoms with Gasteiger partial charge in [0.25, 0.3) is 0 Å². The van der Waals surface area contributed by atoms with Crippen molar-refractivity contribution in [2.75, 3.05) is 13.2 Å². The first-order valence-electron chi connectivity index (χ1n) is 16.0. The second kappa shape index (κ2) is 15.5. The molecule has 0 spiro atoms. The maximum atomic E-state index is 11.7. The minimum Gasteiger partial charge on any atom is -0.507 e. The van der Waals surface area contributed by atoms with Gasteiger partial charge in [0.15, 0.2) is 0 Å². The Balaban J connectivity index is 1.56. The highest BCUT2D eigenvalue weighted by atomic mass is 16.5. The Morgan fingerprint density at radius 2 is 1.21 bits per heavy atom. The Kier molecular flexibility index (Phi) is 11.5. The summed E-state index contributed by atoms with van der Waals surface area (Å²) in [5, 5.41) is 39.1. The fourth-order valence-corrected chi connectivity index (χ4v) is 5.81. The molecule has 4 aromatic carbocycles. The quantitative estimate of drug-likeness (QED) is 0.0899. The Labute approximate surface area is 276 Å². The number of unbranched alkanes of at least 4 members (excludes halogenated alkanes) is 2. The van der Waals surface area contributed by atoms with Crippen LogP contribution in [0, 0.1) is 6.92 Å². The molecule has 0 bridgehead atoms. The van der Waals surface area contributed by atoms with E-state index in [0.717, 1.165) is 28.9 Å². The molecule has 4 aromatic rings. The van der Waals surface area contributed by atoms with Gasteiger partial charge in [0, 0.05) is 12.8 Å². The summed E-state index contributed by atoms with van der Waals surface area (Å²) >= 11 is 0. The molecule has 248 valence electrons. The van der Waals surface area contributed by atoms with E-state index in [2.05, 4.69) is 32.9 Å². The zero-order chi connectivity index (χ0) is 34.1. The summed E-state index contributed by atoms with van der Waals surface area (Å²) in [5.41, 5.74) is 4.86. The average Bonchev–Trinajstić information content (AvgIpc) is 3.02. The molecule has 0 radical (unpaired) electrons. The Morgan fingerprint density at radius 1 is 0.702 bits per heavy atom. The van der Waals surface area contributed by atoms with E-state index in [-0.39, 0.29) is 41.3 Å². The van der Waals surface area contributed by atoms with Crippen LogP contribution < -0.4 is 9.47 Å². The van der Waals surface area contributed by atoms with Gasteiger partial charge in [0.05, 0.1) is 0 Å². The van der Waals surface area contributed by atoms with Crippen molar-refractivity contribution in [3.05, 3.63) is 117 Å². The van der Waals surface area contributed by atoms with Crippen LogP contribution >= 0.6 is 0 Å². The number of carboxylic acids is 2. The first kappa shape index (κ1) is 34.9. The van der Waals surface area contributed by atoms with E-state index >= 15 is 0 Å². The molecule has 0 atom stereocenters. The summed E-state index contributed by atoms with van der Waals surface area (Å²) in [4.78, 5) is 23.3. The SMILES string of the molecule is CCCCCC(C)(C)c1ccc(OCCOc2c(Cc3ccc(O)c(C(=O)O)c3)cc(C)cc2Cc2ccc(O)c(C(=O)O)c2)cc1. The van der Waals surface area contributed by atoms with E-state index in [1.165, 1.54) is 49.1 Å². The van der Waals surface area contributed by atoms with Crippen LogP contribution in [0.2, 0.25) is 0 Å². The van der Waals surface area contributed by atoms with E-state index in [0.29, 0.717) is 29.7 Å². The summed E-state index contributed by atoms with van der Waals surface area (Å²) < 4.78 is 12.4. The van der Waals surface area contributed by atoms with Gasteiger partial charge in [0.2, 0.25) is 0 Å². The number of hydrogen-bond donors (Lipinski definition) is 4. The lowest BCUT2D eigenvalue weighted by molar-refractivity contribution is 0.0682. The molecule has 8 heteroatoms. The predicted molar refractivity (Wildman–Crippen MR) is 182 cm³/mol. The van der Waals surface area contributed by atoms with E-state index in [4.69, 9.17) is 9.47 Å². The molecule has 0 aromatic heterocycles. The van der Waals surface area contributed by atoms with Gasteiger partial charge >= 0.3 is 11.9 Å². The predicted octanol–water partition coefficient (Wildman–Crippen LogP) is 8.30. The topological polar surface area (TPSA) is 134 Å². The zero-order valence-electron chi connectivity index (χ0n) is 27.5. The highest BCUT2D eigenvalue weighted by molar-refractivity contribution is 5.91. The molecule has 0 saturated carbocycles. The van der Waals surface area contributed by atoms with Crippen LogP contribution in [0.3, 0.4) is 0 Å². The van der Waals surface area contributed by atoms with Crippen LogP contribution in [0.1, 0.15) is 101 Å². The van der Waals surface area contributed by atoms with Gasteiger partial charge in [-0.3, -0.25) is 0 Å². The van der Waals surface area contributed by atoms with E-state index < -0.39 is 11.9 Å². The number of aryl methyl sites for hydroxylation is 1. The molecule has 4 rings (SSSR count). The number of carbonyl (C=O) groups is 2. The normalized spacial score (nSPS) is 11.3. The molecule has 0 fully saturated rings. The van der Waals surface area contributed by atoms with E-state index in [1.807, 2.05) is 31.2 Å². The fourth-order valence-electron chi connectivity index (χ4n) is 5.81. The van der Waals surface area contributed by atoms with E-state index in [9.17, 15) is 30.0 Å². The number of aromatic carboxylic acids is 2. The standard InChI is InChI=1S/C39H44O8/c1-5-6-7-16-39(3,4)30-10-12-31(13-11-30)46-17-18-47-36-28(21-26-8-14-34(40)32(23-26)37(42)43)19-25(2)20-29(36)22-27-9-15-35(41)33(24-27)38(44)45/h8-15,19-20,23-24,40-41H,5-7,16-18,21-22H2,1-4H3,(H,42,43)(H,44,45). The molecule has 0 heterocycles. The number of rotatable bonds is 16. The summed E-state index contributed by atoms with van der Waals surface area (Å²) in [7, 11) is 0. The molecule has 47 heavy (non-hydrogen) atoms. The van der Waals surface area contributed by atoms with Crippen molar-refractivity contribution in [3.63, 3.8) is 0 Å². The first-order valence-corrected chi connectivity index (χ1v) is 16.0. The molecule has 4 N–H and O–H groups in total. The Morgan fingerprint density at radius 3 is 1.70 bits per heavy atom. The number of carboxylic acid groups (broad SMARTS) is 2. The van der Waals surface area contributed by atoms with E-state index in [1.54, 1.807) is 12.1 Å². The van der Waals surface area contributed by atoms with Gasteiger partial charge in [-0.25, -0.2) is 9.59 Å². The number of aromatic hydroxyl groups is 2. The van der Waals surface area contributed by atoms with Crippen molar-refractivity contribution in [2.24, 2.45) is 0 Å². The number of hydrogen-bond acceptors (Lipinski definition) is 6. The Hall–Kier alpha value is -4.98. The highest BCUT2D eigenvalue weighted by Crippen LogP contribution is 2.33. The average molecular weight is 641 g/mol. The maximum absolute atomic E-state index is 11.7. The molecular formula is C39H44O8. The summed E-state index contributed by atoms with van der Waals surface area (Å²) in [6.45, 7) is 9.18. The zero-order valence-corrected chi connectivity index (χ0v) is 27.5. The lowest BCUT2D eigenvalue weighted by Gasteiger charge is -2.25. The van der Waals surface area contributed by atoms with Crippen LogP contribution in [0.25, 0.3) is 0 Å². The monoisotopic (exact) mass is 640 g/mol. The van der Waals surface area contributed by atoms with Gasteiger partial charge < -0.3 is 29.9 Å². The molecular weight excluding hydrogens is 596 g/mol. The lowest BCUT2D eigenvalue weighted by atomic mass is 9.80. The molecule has 0 unspecified atom stereocenters. The third-order valence-electron chi connectivity index (χ3n) is 8.40. The lowest BCUT2D eigenvalue weighted by Crippen LogP contribution is -2.17. The largest absolute Gasteiger partial charge is 0.507 e. The second-order valence-electron chi connectivity index (χ2n) is 12.6. The molecule has 8 nitrogen and oxygen atoms in total. The van der Waals surface area contributed by atoms with Crippen LogP contribution in [0.15, 0.2) is 72.8 Å². The van der Waals surface area contributed by atoms with Crippen LogP contribution in [0.5, 0.6) is 23.0 Å². The smallest absolute Gasteiger partial charge is 0.339 e. The molecule has 0 aliphatic rings. The maximum Gasteiger partial charge on any atom is 0.339 e. The second-order valence-corrected chi connectivity index (χ2v) is 12.6. The first-order chi connectivity index (χ1) is 22.4. The summed E-state index contributed by atoms with van der Waals surface area (Å²) in [6, 6.07) is 21.1. The minimum atomic E-state index is -1.22. The van der Waals surface area contributed by atoms with Gasteiger partial charge in [-0.15, -0.1) is 0 Å². The van der Waals surface area contributed by atoms with Crippen molar-refractivity contribution in [3.8, 4) is 23.0 Å².